The predicted octanol–water partition coefficient (Wildman–Crippen LogP) is 4.87. The van der Waals surface area contributed by atoms with Crippen LogP contribution in [0.25, 0.3) is 10.8 Å². The van der Waals surface area contributed by atoms with Gasteiger partial charge in [0.2, 0.25) is 0 Å². The summed E-state index contributed by atoms with van der Waals surface area (Å²) in [5.41, 5.74) is 0.912. The molecule has 0 radical (unpaired) electrons. The molecule has 0 saturated heterocycles. The molecule has 0 fully saturated rings. The topological polar surface area (TPSA) is 78.4 Å². The first-order chi connectivity index (χ1) is 12.8. The second kappa shape index (κ2) is 8.48. The molecule has 0 spiro atoms. The van der Waals surface area contributed by atoms with Crippen molar-refractivity contribution in [2.45, 2.75) is 0 Å². The standard InChI is InChI=1S/C19H12I2N2O3S/c20-13-8-14(18(25)26)16(15(21)9-13)22-19(27)23-17(24)12-6-5-10-3-1-2-4-11(10)7-12/h1-9H,(H,25,26)(H2,22,23,24,27). The number of carbonyl (C=O) groups excluding carboxylic acids is 1. The van der Waals surface area contributed by atoms with Crippen LogP contribution in [0.15, 0.2) is 54.6 Å². The van der Waals surface area contributed by atoms with E-state index in [-0.39, 0.29) is 16.6 Å². The van der Waals surface area contributed by atoms with Gasteiger partial charge in [0.25, 0.3) is 5.91 Å². The van der Waals surface area contributed by atoms with Crippen molar-refractivity contribution in [3.05, 3.63) is 72.9 Å². The summed E-state index contributed by atoms with van der Waals surface area (Å²) in [5, 5.41) is 16.9. The molecule has 0 heterocycles. The number of nitrogens with one attached hydrogen (secondary N) is 2. The number of carboxylic acid groups (broad SMARTS) is 1. The number of thiocarbonyl (C=S) groups is 1. The van der Waals surface area contributed by atoms with E-state index in [0.717, 1.165) is 14.3 Å². The Hall–Kier alpha value is -1.79. The van der Waals surface area contributed by atoms with Crippen molar-refractivity contribution in [3.8, 4) is 0 Å². The molecule has 5 nitrogen and oxygen atoms in total. The lowest BCUT2D eigenvalue weighted by atomic mass is 10.1. The zero-order chi connectivity index (χ0) is 19.6. The fraction of sp³-hybridized carbons (Fsp3) is 0. The summed E-state index contributed by atoms with van der Waals surface area (Å²) in [4.78, 5) is 24.0. The fourth-order valence-electron chi connectivity index (χ4n) is 2.52. The minimum Gasteiger partial charge on any atom is -0.478 e. The van der Waals surface area contributed by atoms with Gasteiger partial charge in [-0.3, -0.25) is 10.1 Å². The Balaban J connectivity index is 1.79. The molecule has 3 N–H and O–H groups in total. The lowest BCUT2D eigenvalue weighted by molar-refractivity contribution is 0.0697. The molecule has 0 bridgehead atoms. The van der Waals surface area contributed by atoms with Gasteiger partial charge in [0.1, 0.15) is 0 Å². The number of anilines is 1. The maximum Gasteiger partial charge on any atom is 0.337 e. The lowest BCUT2D eigenvalue weighted by Gasteiger charge is -2.14. The van der Waals surface area contributed by atoms with Crippen LogP contribution in [0, 0.1) is 7.14 Å². The number of carboxylic acids is 1. The SMILES string of the molecule is O=C(NC(=S)Nc1c(I)cc(I)cc1C(=O)O)c1ccc2ccccc2c1. The lowest BCUT2D eigenvalue weighted by Crippen LogP contribution is -2.34. The maximum absolute atomic E-state index is 12.5. The van der Waals surface area contributed by atoms with Gasteiger partial charge in [-0.15, -0.1) is 0 Å². The van der Waals surface area contributed by atoms with Crippen LogP contribution in [-0.2, 0) is 0 Å². The molecule has 0 aliphatic heterocycles. The highest BCUT2D eigenvalue weighted by Crippen LogP contribution is 2.26. The second-order valence-corrected chi connectivity index (χ2v) is 8.40. The Morgan fingerprint density at radius 2 is 1.67 bits per heavy atom. The van der Waals surface area contributed by atoms with E-state index >= 15 is 0 Å². The Bertz CT molecular complexity index is 1090. The van der Waals surface area contributed by atoms with Gasteiger partial charge in [0.15, 0.2) is 5.11 Å². The third-order valence-electron chi connectivity index (χ3n) is 3.76. The normalized spacial score (nSPS) is 10.4. The zero-order valence-electron chi connectivity index (χ0n) is 13.6. The van der Waals surface area contributed by atoms with Crippen molar-refractivity contribution in [2.24, 2.45) is 0 Å². The summed E-state index contributed by atoms with van der Waals surface area (Å²) in [6.07, 6.45) is 0. The maximum atomic E-state index is 12.5. The number of amides is 1. The first-order valence-electron chi connectivity index (χ1n) is 7.68. The molecule has 136 valence electrons. The number of rotatable bonds is 3. The number of carbonyl (C=O) groups is 2. The van der Waals surface area contributed by atoms with Gasteiger partial charge in [0, 0.05) is 12.7 Å². The third-order valence-corrected chi connectivity index (χ3v) is 5.44. The van der Waals surface area contributed by atoms with Gasteiger partial charge in [0.05, 0.1) is 11.3 Å². The van der Waals surface area contributed by atoms with Crippen molar-refractivity contribution >= 4 is 90.8 Å². The molecule has 3 rings (SSSR count). The molecule has 3 aromatic rings. The van der Waals surface area contributed by atoms with Crippen molar-refractivity contribution in [2.75, 3.05) is 5.32 Å². The Morgan fingerprint density at radius 3 is 2.37 bits per heavy atom. The summed E-state index contributed by atoms with van der Waals surface area (Å²) in [5.74, 6) is -1.44. The van der Waals surface area contributed by atoms with Gasteiger partial charge < -0.3 is 10.4 Å². The molecule has 0 aromatic heterocycles. The number of benzene rings is 3. The first kappa shape index (κ1) is 20.0. The van der Waals surface area contributed by atoms with E-state index in [0.29, 0.717) is 14.8 Å². The van der Waals surface area contributed by atoms with E-state index < -0.39 is 5.97 Å². The predicted molar refractivity (Wildman–Crippen MR) is 126 cm³/mol. The molecule has 0 aliphatic carbocycles. The smallest absolute Gasteiger partial charge is 0.337 e. The Labute approximate surface area is 187 Å². The van der Waals surface area contributed by atoms with Crippen LogP contribution in [0.4, 0.5) is 5.69 Å². The van der Waals surface area contributed by atoms with Gasteiger partial charge >= 0.3 is 5.97 Å². The van der Waals surface area contributed by atoms with Gasteiger partial charge in [-0.05, 0) is 92.4 Å². The zero-order valence-corrected chi connectivity index (χ0v) is 18.8. The average molecular weight is 602 g/mol. The molecular weight excluding hydrogens is 590 g/mol. The average Bonchev–Trinajstić information content (AvgIpc) is 2.63. The second-order valence-electron chi connectivity index (χ2n) is 5.59. The summed E-state index contributed by atoms with van der Waals surface area (Å²) in [6.45, 7) is 0. The van der Waals surface area contributed by atoms with Crippen molar-refractivity contribution < 1.29 is 14.7 Å². The molecule has 0 aliphatic rings. The minimum atomic E-state index is -1.07. The molecule has 0 saturated carbocycles. The molecule has 8 heteroatoms. The van der Waals surface area contributed by atoms with Crippen LogP contribution in [0.1, 0.15) is 20.7 Å². The highest BCUT2D eigenvalue weighted by atomic mass is 127. The number of aromatic carboxylic acids is 1. The number of hydrogen-bond donors (Lipinski definition) is 3. The molecule has 0 atom stereocenters. The van der Waals surface area contributed by atoms with E-state index in [4.69, 9.17) is 12.2 Å². The van der Waals surface area contributed by atoms with E-state index in [1.54, 1.807) is 18.2 Å². The summed E-state index contributed by atoms with van der Waals surface area (Å²) >= 11 is 9.29. The summed E-state index contributed by atoms with van der Waals surface area (Å²) in [6, 6.07) is 16.5. The molecular formula is C19H12I2N2O3S. The van der Waals surface area contributed by atoms with Crippen LogP contribution < -0.4 is 10.6 Å². The number of fused-ring (bicyclic) bond motifs is 1. The number of halogens is 2. The van der Waals surface area contributed by atoms with Crippen LogP contribution in [0.2, 0.25) is 0 Å². The molecule has 27 heavy (non-hydrogen) atoms. The van der Waals surface area contributed by atoms with Crippen LogP contribution in [0.3, 0.4) is 0 Å². The van der Waals surface area contributed by atoms with Crippen molar-refractivity contribution in [3.63, 3.8) is 0 Å². The third kappa shape index (κ3) is 4.74. The van der Waals surface area contributed by atoms with E-state index in [9.17, 15) is 14.7 Å². The van der Waals surface area contributed by atoms with E-state index in [1.165, 1.54) is 0 Å². The quantitative estimate of drug-likeness (QED) is 0.295. The Kier molecular flexibility index (Phi) is 6.27. The van der Waals surface area contributed by atoms with Crippen LogP contribution in [0.5, 0.6) is 0 Å². The Morgan fingerprint density at radius 1 is 0.963 bits per heavy atom. The van der Waals surface area contributed by atoms with E-state index in [1.807, 2.05) is 59.0 Å². The van der Waals surface area contributed by atoms with Crippen molar-refractivity contribution in [1.29, 1.82) is 0 Å². The first-order valence-corrected chi connectivity index (χ1v) is 10.2. The fourth-order valence-corrected chi connectivity index (χ4v) is 4.69. The molecule has 3 aromatic carbocycles. The van der Waals surface area contributed by atoms with Gasteiger partial charge in [-0.1, -0.05) is 30.3 Å². The monoisotopic (exact) mass is 602 g/mol. The van der Waals surface area contributed by atoms with E-state index in [2.05, 4.69) is 33.2 Å². The van der Waals surface area contributed by atoms with Crippen molar-refractivity contribution in [1.82, 2.24) is 5.32 Å². The van der Waals surface area contributed by atoms with Crippen LogP contribution >= 0.6 is 57.4 Å². The molecule has 1 amide bonds. The largest absolute Gasteiger partial charge is 0.478 e. The number of hydrogen-bond acceptors (Lipinski definition) is 3. The minimum absolute atomic E-state index is 0.0368. The molecule has 0 unspecified atom stereocenters. The summed E-state index contributed by atoms with van der Waals surface area (Å²) < 4.78 is 1.49. The van der Waals surface area contributed by atoms with Crippen LogP contribution in [-0.4, -0.2) is 22.1 Å². The summed E-state index contributed by atoms with van der Waals surface area (Å²) in [7, 11) is 0. The van der Waals surface area contributed by atoms with Gasteiger partial charge in [-0.2, -0.15) is 0 Å². The van der Waals surface area contributed by atoms with Gasteiger partial charge in [-0.25, -0.2) is 4.79 Å². The highest BCUT2D eigenvalue weighted by Gasteiger charge is 2.17. The highest BCUT2D eigenvalue weighted by molar-refractivity contribution is 14.1.